The predicted molar refractivity (Wildman–Crippen MR) is 113 cm³/mol. The maximum absolute atomic E-state index is 11.8. The van der Waals surface area contributed by atoms with E-state index in [0.29, 0.717) is 21.6 Å². The average Bonchev–Trinajstić information content (AvgIpc) is 3.03. The lowest BCUT2D eigenvalue weighted by atomic mass is 10.2. The van der Waals surface area contributed by atoms with E-state index in [4.69, 9.17) is 27.9 Å². The molecule has 0 aliphatic rings. The summed E-state index contributed by atoms with van der Waals surface area (Å²) in [7, 11) is 1.35. The van der Waals surface area contributed by atoms with Crippen LogP contribution in [0.2, 0.25) is 10.0 Å². The zero-order valence-corrected chi connectivity index (χ0v) is 17.4. The third-order valence-corrected chi connectivity index (χ3v) is 4.91. The Kier molecular flexibility index (Phi) is 6.37. The largest absolute Gasteiger partial charge is 0.468 e. The molecule has 3 rings (SSSR count). The Morgan fingerprint density at radius 1 is 1.19 bits per heavy atom. The normalized spacial score (nSPS) is 11.1. The van der Waals surface area contributed by atoms with Gasteiger partial charge in [-0.05, 0) is 42.0 Å². The van der Waals surface area contributed by atoms with Gasteiger partial charge in [0.05, 0.1) is 17.8 Å². The van der Waals surface area contributed by atoms with Crippen molar-refractivity contribution in [2.75, 3.05) is 7.11 Å². The first-order chi connectivity index (χ1) is 13.0. The number of hydrogen-bond donors (Lipinski definition) is 0. The van der Waals surface area contributed by atoms with E-state index in [9.17, 15) is 4.79 Å². The Morgan fingerprint density at radius 2 is 1.93 bits per heavy atom. The van der Waals surface area contributed by atoms with E-state index < -0.39 is 0 Å². The van der Waals surface area contributed by atoms with Gasteiger partial charge in [0.25, 0.3) is 0 Å². The summed E-state index contributed by atoms with van der Waals surface area (Å²) in [6, 6.07) is 13.1. The van der Waals surface area contributed by atoms with Crippen LogP contribution in [0.5, 0.6) is 0 Å². The van der Waals surface area contributed by atoms with E-state index in [1.54, 1.807) is 29.0 Å². The zero-order valence-electron chi connectivity index (χ0n) is 14.3. The number of benzene rings is 2. The number of ether oxygens (including phenoxy) is 1. The molecule has 2 aromatic carbocycles. The van der Waals surface area contributed by atoms with Crippen molar-refractivity contribution in [3.05, 3.63) is 74.6 Å². The number of hydrogen-bond acceptors (Lipinski definition) is 3. The Balaban J connectivity index is 1.98. The summed E-state index contributed by atoms with van der Waals surface area (Å²) in [4.78, 5) is 16.4. The van der Waals surface area contributed by atoms with Crippen molar-refractivity contribution < 1.29 is 9.53 Å². The molecule has 138 valence electrons. The molecule has 0 N–H and O–H groups in total. The summed E-state index contributed by atoms with van der Waals surface area (Å²) in [5, 5.41) is 1.04. The quantitative estimate of drug-likeness (QED) is 0.436. The molecule has 0 fully saturated rings. The maximum atomic E-state index is 11.8. The fraction of sp³-hybridized carbons (Fsp3) is 0.100. The van der Waals surface area contributed by atoms with E-state index in [0.717, 1.165) is 15.6 Å². The first kappa shape index (κ1) is 19.7. The molecule has 0 atom stereocenters. The molecule has 1 aromatic heterocycles. The van der Waals surface area contributed by atoms with E-state index in [2.05, 4.69) is 20.9 Å². The van der Waals surface area contributed by atoms with Crippen LogP contribution in [0.4, 0.5) is 0 Å². The number of methoxy groups -OCH3 is 1. The second kappa shape index (κ2) is 8.74. The van der Waals surface area contributed by atoms with Crippen LogP contribution < -0.4 is 0 Å². The molecule has 0 radical (unpaired) electrons. The number of imidazole rings is 1. The number of esters is 1. The summed E-state index contributed by atoms with van der Waals surface area (Å²) in [5.74, 6) is 0.254. The monoisotopic (exact) mass is 464 g/mol. The molecule has 4 nitrogen and oxygen atoms in total. The van der Waals surface area contributed by atoms with Crippen LogP contribution in [0.3, 0.4) is 0 Å². The van der Waals surface area contributed by atoms with E-state index in [1.807, 2.05) is 36.4 Å². The van der Waals surface area contributed by atoms with E-state index in [-0.39, 0.29) is 12.5 Å². The second-order valence-corrected chi connectivity index (χ2v) is 7.46. The van der Waals surface area contributed by atoms with Crippen LogP contribution in [0.25, 0.3) is 23.4 Å². The van der Waals surface area contributed by atoms with Gasteiger partial charge >= 0.3 is 5.97 Å². The molecule has 27 heavy (non-hydrogen) atoms. The number of aromatic nitrogens is 2. The van der Waals surface area contributed by atoms with Crippen LogP contribution in [-0.4, -0.2) is 22.6 Å². The van der Waals surface area contributed by atoms with E-state index >= 15 is 0 Å². The molecule has 0 spiro atoms. The zero-order chi connectivity index (χ0) is 19.4. The first-order valence-corrected chi connectivity index (χ1v) is 9.54. The van der Waals surface area contributed by atoms with Gasteiger partial charge in [-0.2, -0.15) is 0 Å². The Labute approximate surface area is 175 Å². The molecule has 3 aromatic rings. The maximum Gasteiger partial charge on any atom is 0.325 e. The average molecular weight is 466 g/mol. The van der Waals surface area contributed by atoms with Crippen LogP contribution in [0, 0.1) is 0 Å². The highest BCUT2D eigenvalue weighted by molar-refractivity contribution is 9.10. The number of carbonyl (C=O) groups is 1. The molecular formula is C20H15BrCl2N2O2. The van der Waals surface area contributed by atoms with Crippen molar-refractivity contribution in [3.8, 4) is 11.3 Å². The molecule has 0 saturated heterocycles. The van der Waals surface area contributed by atoms with E-state index in [1.165, 1.54) is 7.11 Å². The highest BCUT2D eigenvalue weighted by Crippen LogP contribution is 2.30. The number of rotatable bonds is 5. The minimum Gasteiger partial charge on any atom is -0.468 e. The van der Waals surface area contributed by atoms with Crippen LogP contribution >= 0.6 is 39.1 Å². The van der Waals surface area contributed by atoms with Gasteiger partial charge in [-0.25, -0.2) is 4.98 Å². The molecule has 0 aliphatic carbocycles. The Bertz CT molecular complexity index is 998. The van der Waals surface area contributed by atoms with Gasteiger partial charge in [0.15, 0.2) is 0 Å². The molecule has 7 heteroatoms. The predicted octanol–water partition coefficient (Wildman–Crippen LogP) is 5.96. The fourth-order valence-electron chi connectivity index (χ4n) is 2.47. The molecule has 0 aliphatic heterocycles. The summed E-state index contributed by atoms with van der Waals surface area (Å²) in [6.07, 6.45) is 5.54. The summed E-state index contributed by atoms with van der Waals surface area (Å²) >= 11 is 15.7. The highest BCUT2D eigenvalue weighted by atomic mass is 79.9. The van der Waals surface area contributed by atoms with Gasteiger partial charge in [0.2, 0.25) is 0 Å². The molecule has 0 amide bonds. The van der Waals surface area contributed by atoms with Crippen LogP contribution in [-0.2, 0) is 16.1 Å². The Hall–Kier alpha value is -2.08. The minimum absolute atomic E-state index is 0.0503. The molecule has 0 bridgehead atoms. The lowest BCUT2D eigenvalue weighted by molar-refractivity contribution is -0.141. The lowest BCUT2D eigenvalue weighted by Gasteiger charge is -2.03. The Morgan fingerprint density at radius 3 is 2.59 bits per heavy atom. The number of nitrogens with zero attached hydrogens (tertiary/aromatic N) is 2. The van der Waals surface area contributed by atoms with Crippen molar-refractivity contribution >= 4 is 57.3 Å². The summed E-state index contributed by atoms with van der Waals surface area (Å²) < 4.78 is 7.51. The smallest absolute Gasteiger partial charge is 0.325 e. The van der Waals surface area contributed by atoms with Gasteiger partial charge in [0, 0.05) is 21.3 Å². The van der Waals surface area contributed by atoms with Gasteiger partial charge in [-0.1, -0.05) is 57.3 Å². The number of halogens is 3. The lowest BCUT2D eigenvalue weighted by Crippen LogP contribution is -2.11. The molecule has 0 unspecified atom stereocenters. The number of carbonyl (C=O) groups excluding carboxylic acids is 1. The van der Waals surface area contributed by atoms with Gasteiger partial charge in [0.1, 0.15) is 12.4 Å². The summed E-state index contributed by atoms with van der Waals surface area (Å²) in [5.41, 5.74) is 2.40. The topological polar surface area (TPSA) is 44.1 Å². The van der Waals surface area contributed by atoms with Gasteiger partial charge < -0.3 is 9.30 Å². The fourth-order valence-corrected chi connectivity index (χ4v) is 3.23. The minimum atomic E-state index is -0.362. The van der Waals surface area contributed by atoms with Crippen molar-refractivity contribution in [2.24, 2.45) is 0 Å². The van der Waals surface area contributed by atoms with Crippen LogP contribution in [0.1, 0.15) is 11.4 Å². The first-order valence-electron chi connectivity index (χ1n) is 7.99. The van der Waals surface area contributed by atoms with Crippen molar-refractivity contribution in [1.29, 1.82) is 0 Å². The molecule has 0 saturated carbocycles. The highest BCUT2D eigenvalue weighted by Gasteiger charge is 2.13. The third-order valence-electron chi connectivity index (χ3n) is 3.84. The summed E-state index contributed by atoms with van der Waals surface area (Å²) in [6.45, 7) is 0.0503. The third kappa shape index (κ3) is 5.01. The van der Waals surface area contributed by atoms with Crippen molar-refractivity contribution in [3.63, 3.8) is 0 Å². The van der Waals surface area contributed by atoms with Crippen LogP contribution in [0.15, 0.2) is 53.1 Å². The van der Waals surface area contributed by atoms with Crippen molar-refractivity contribution in [1.82, 2.24) is 9.55 Å². The van der Waals surface area contributed by atoms with Crippen molar-refractivity contribution in [2.45, 2.75) is 6.54 Å². The second-order valence-electron chi connectivity index (χ2n) is 5.70. The molecule has 1 heterocycles. The SMILES string of the molecule is COC(=O)Cn1cc(-c2ccc(Cl)cc2Cl)nc1C=Cc1ccc(Br)cc1. The van der Waals surface area contributed by atoms with Gasteiger partial charge in [-0.15, -0.1) is 0 Å². The standard InChI is InChI=1S/C20H15BrCl2N2O2/c1-27-20(26)12-25-11-18(16-8-7-15(22)10-17(16)23)24-19(25)9-4-13-2-5-14(21)6-3-13/h2-11H,12H2,1H3. The molecular weight excluding hydrogens is 451 g/mol. The van der Waals surface area contributed by atoms with Gasteiger partial charge in [-0.3, -0.25) is 4.79 Å².